The Morgan fingerprint density at radius 3 is 2.46 bits per heavy atom. The van der Waals surface area contributed by atoms with Gasteiger partial charge in [-0.3, -0.25) is 0 Å². The van der Waals surface area contributed by atoms with Crippen LogP contribution in [0.4, 0.5) is 13.2 Å². The smallest absolute Gasteiger partial charge is 0.375 e. The van der Waals surface area contributed by atoms with Crippen LogP contribution in [0.2, 0.25) is 0 Å². The van der Waals surface area contributed by atoms with Crippen molar-refractivity contribution in [3.05, 3.63) is 41.0 Å². The molecule has 0 N–H and O–H groups in total. The lowest BCUT2D eigenvalue weighted by Gasteiger charge is -2.28. The molecule has 24 heavy (non-hydrogen) atoms. The molecule has 0 saturated carbocycles. The number of fused-ring (bicyclic) bond motifs is 1. The molecule has 1 aliphatic rings. The molecule has 0 heterocycles. The minimum absolute atomic E-state index is 0.0988. The van der Waals surface area contributed by atoms with Gasteiger partial charge in [0.15, 0.2) is 0 Å². The van der Waals surface area contributed by atoms with E-state index in [1.165, 1.54) is 0 Å². The maximum Gasteiger partial charge on any atom is 0.534 e. The zero-order valence-corrected chi connectivity index (χ0v) is 14.5. The summed E-state index contributed by atoms with van der Waals surface area (Å²) in [5, 5.41) is 0. The summed E-state index contributed by atoms with van der Waals surface area (Å²) in [5.74, 6) is -0.276. The zero-order valence-electron chi connectivity index (χ0n) is 13.7. The summed E-state index contributed by atoms with van der Waals surface area (Å²) in [5.41, 5.74) is -3.67. The van der Waals surface area contributed by atoms with Crippen molar-refractivity contribution in [3.8, 4) is 0 Å². The standard InChI is InChI=1S/C16H20F3NO3S/c1-11-10-12-6-4-5-7-14(12)15(13(11)8-9-20(2)3)23-24(21,22)16(17,18)19/h4-7,11H,8-10H2,1-3H3. The maximum atomic E-state index is 12.8. The Labute approximate surface area is 140 Å². The van der Waals surface area contributed by atoms with Gasteiger partial charge in [-0.05, 0) is 44.0 Å². The van der Waals surface area contributed by atoms with Gasteiger partial charge >= 0.3 is 15.6 Å². The SMILES string of the molecule is CC1Cc2ccccc2C(OS(=O)(=O)C(F)(F)F)=C1CCN(C)C. The number of hydrogen-bond acceptors (Lipinski definition) is 4. The van der Waals surface area contributed by atoms with E-state index >= 15 is 0 Å². The summed E-state index contributed by atoms with van der Waals surface area (Å²) in [6.07, 6.45) is 1.07. The molecule has 4 nitrogen and oxygen atoms in total. The van der Waals surface area contributed by atoms with E-state index in [1.807, 2.05) is 25.9 Å². The molecule has 8 heteroatoms. The molecule has 0 aliphatic heterocycles. The van der Waals surface area contributed by atoms with E-state index in [1.54, 1.807) is 24.3 Å². The van der Waals surface area contributed by atoms with E-state index in [-0.39, 0.29) is 11.7 Å². The van der Waals surface area contributed by atoms with E-state index < -0.39 is 15.6 Å². The van der Waals surface area contributed by atoms with Crippen LogP contribution in [0.25, 0.3) is 5.76 Å². The lowest BCUT2D eigenvalue weighted by molar-refractivity contribution is -0.0510. The van der Waals surface area contributed by atoms with Crippen LogP contribution >= 0.6 is 0 Å². The Kier molecular flexibility index (Phi) is 5.29. The second-order valence-electron chi connectivity index (χ2n) is 6.15. The molecule has 0 aromatic heterocycles. The molecular weight excluding hydrogens is 343 g/mol. The van der Waals surface area contributed by atoms with Crippen molar-refractivity contribution in [1.29, 1.82) is 0 Å². The second-order valence-corrected chi connectivity index (χ2v) is 7.69. The molecule has 0 amide bonds. The predicted octanol–water partition coefficient (Wildman–Crippen LogP) is 3.41. The Morgan fingerprint density at radius 1 is 1.25 bits per heavy atom. The maximum absolute atomic E-state index is 12.8. The minimum Gasteiger partial charge on any atom is -0.375 e. The highest BCUT2D eigenvalue weighted by Gasteiger charge is 2.49. The van der Waals surface area contributed by atoms with Crippen LogP contribution in [-0.4, -0.2) is 39.5 Å². The number of hydrogen-bond donors (Lipinski definition) is 0. The van der Waals surface area contributed by atoms with Gasteiger partial charge in [0, 0.05) is 12.1 Å². The van der Waals surface area contributed by atoms with Crippen LogP contribution in [-0.2, 0) is 20.7 Å². The molecule has 0 saturated heterocycles. The van der Waals surface area contributed by atoms with E-state index in [9.17, 15) is 21.6 Å². The first-order chi connectivity index (χ1) is 11.0. The number of benzene rings is 1. The average molecular weight is 363 g/mol. The van der Waals surface area contributed by atoms with E-state index in [0.717, 1.165) is 5.56 Å². The van der Waals surface area contributed by atoms with Gasteiger partial charge in [-0.15, -0.1) is 0 Å². The summed E-state index contributed by atoms with van der Waals surface area (Å²) in [6.45, 7) is 2.45. The van der Waals surface area contributed by atoms with Crippen molar-refractivity contribution in [2.24, 2.45) is 5.92 Å². The molecule has 0 bridgehead atoms. The van der Waals surface area contributed by atoms with Crippen molar-refractivity contribution >= 4 is 15.9 Å². The normalized spacial score (nSPS) is 18.7. The first-order valence-electron chi connectivity index (χ1n) is 7.49. The molecule has 1 aromatic rings. The van der Waals surface area contributed by atoms with Crippen LogP contribution in [0.15, 0.2) is 29.8 Å². The summed E-state index contributed by atoms with van der Waals surface area (Å²) in [6, 6.07) is 6.80. The Balaban J connectivity index is 2.53. The topological polar surface area (TPSA) is 46.6 Å². The number of alkyl halides is 3. The van der Waals surface area contributed by atoms with Gasteiger partial charge < -0.3 is 9.08 Å². The third kappa shape index (κ3) is 3.92. The lowest BCUT2D eigenvalue weighted by Crippen LogP contribution is -2.27. The lowest BCUT2D eigenvalue weighted by atomic mass is 9.82. The summed E-state index contributed by atoms with van der Waals surface area (Å²) in [7, 11) is -2.02. The summed E-state index contributed by atoms with van der Waals surface area (Å²) < 4.78 is 65.9. The van der Waals surface area contributed by atoms with Gasteiger partial charge in [0.05, 0.1) is 0 Å². The van der Waals surface area contributed by atoms with Gasteiger partial charge in [0.2, 0.25) is 0 Å². The minimum atomic E-state index is -5.71. The van der Waals surface area contributed by atoms with Crippen LogP contribution in [0, 0.1) is 5.92 Å². The Hall–Kier alpha value is -1.54. The fourth-order valence-electron chi connectivity index (χ4n) is 2.73. The van der Waals surface area contributed by atoms with Crippen LogP contribution in [0.5, 0.6) is 0 Å². The first-order valence-corrected chi connectivity index (χ1v) is 8.90. The van der Waals surface area contributed by atoms with E-state index in [0.29, 0.717) is 30.5 Å². The van der Waals surface area contributed by atoms with Crippen molar-refractivity contribution < 1.29 is 25.8 Å². The molecule has 0 radical (unpaired) electrons. The van der Waals surface area contributed by atoms with Crippen LogP contribution in [0.1, 0.15) is 24.5 Å². The second kappa shape index (κ2) is 6.76. The fraction of sp³-hybridized carbons (Fsp3) is 0.500. The number of nitrogens with zero attached hydrogens (tertiary/aromatic N) is 1. The van der Waals surface area contributed by atoms with Gasteiger partial charge in [-0.1, -0.05) is 31.2 Å². The molecule has 1 unspecified atom stereocenters. The average Bonchev–Trinajstić information content (AvgIpc) is 2.44. The third-order valence-corrected chi connectivity index (χ3v) is 4.93. The summed E-state index contributed by atoms with van der Waals surface area (Å²) >= 11 is 0. The largest absolute Gasteiger partial charge is 0.534 e. The highest BCUT2D eigenvalue weighted by atomic mass is 32.2. The van der Waals surface area contributed by atoms with Gasteiger partial charge in [-0.25, -0.2) is 0 Å². The van der Waals surface area contributed by atoms with Crippen molar-refractivity contribution in [3.63, 3.8) is 0 Å². The van der Waals surface area contributed by atoms with Gasteiger partial charge in [0.1, 0.15) is 5.76 Å². The molecule has 0 spiro atoms. The highest BCUT2D eigenvalue weighted by Crippen LogP contribution is 2.40. The number of rotatable bonds is 5. The Bertz CT molecular complexity index is 739. The van der Waals surface area contributed by atoms with Gasteiger partial charge in [0.25, 0.3) is 0 Å². The third-order valence-electron chi connectivity index (χ3n) is 3.98. The van der Waals surface area contributed by atoms with Crippen molar-refractivity contribution in [2.45, 2.75) is 25.3 Å². The van der Waals surface area contributed by atoms with Crippen LogP contribution in [0.3, 0.4) is 0 Å². The quantitative estimate of drug-likeness (QED) is 0.594. The highest BCUT2D eigenvalue weighted by molar-refractivity contribution is 7.87. The molecule has 0 fully saturated rings. The molecule has 2 rings (SSSR count). The molecular formula is C16H20F3NO3S. The molecule has 1 aliphatic carbocycles. The van der Waals surface area contributed by atoms with Gasteiger partial charge in [-0.2, -0.15) is 21.6 Å². The van der Waals surface area contributed by atoms with Crippen LogP contribution < -0.4 is 0 Å². The molecule has 1 aromatic carbocycles. The molecule has 134 valence electrons. The van der Waals surface area contributed by atoms with E-state index in [4.69, 9.17) is 0 Å². The fourth-order valence-corrected chi connectivity index (χ4v) is 3.24. The monoisotopic (exact) mass is 363 g/mol. The molecule has 1 atom stereocenters. The zero-order chi connectivity index (χ0) is 18.1. The number of halogens is 3. The first kappa shape index (κ1) is 18.8. The summed E-state index contributed by atoms with van der Waals surface area (Å²) in [4.78, 5) is 1.89. The Morgan fingerprint density at radius 2 is 1.88 bits per heavy atom. The predicted molar refractivity (Wildman–Crippen MR) is 85.5 cm³/mol. The van der Waals surface area contributed by atoms with E-state index in [2.05, 4.69) is 4.18 Å². The van der Waals surface area contributed by atoms with Crippen molar-refractivity contribution in [2.75, 3.05) is 20.6 Å². The van der Waals surface area contributed by atoms with Crippen molar-refractivity contribution in [1.82, 2.24) is 4.90 Å².